The molecule has 2 aromatic heterocycles. The normalized spacial score (nSPS) is 14.5. The van der Waals surface area contributed by atoms with Gasteiger partial charge in [-0.1, -0.05) is 19.3 Å². The average molecular weight is 440 g/mol. The number of aromatic amines is 1. The van der Waals surface area contributed by atoms with Crippen molar-refractivity contribution < 1.29 is 14.4 Å². The second kappa shape index (κ2) is 8.50. The summed E-state index contributed by atoms with van der Waals surface area (Å²) in [5, 5.41) is 5.71. The number of carbonyl (C=O) groups excluding carboxylic acids is 3. The van der Waals surface area contributed by atoms with Crippen molar-refractivity contribution in [3.8, 4) is 0 Å². The Bertz CT molecular complexity index is 1160. The van der Waals surface area contributed by atoms with Crippen LogP contribution < -0.4 is 16.0 Å². The summed E-state index contributed by atoms with van der Waals surface area (Å²) in [7, 11) is 1.77. The molecule has 4 N–H and O–H groups in total. The van der Waals surface area contributed by atoms with E-state index in [9.17, 15) is 14.4 Å². The molecule has 2 heterocycles. The van der Waals surface area contributed by atoms with Gasteiger partial charge in [0.1, 0.15) is 11.5 Å². The number of rotatable bonds is 5. The number of fused-ring (bicyclic) bond motifs is 1. The topological polar surface area (TPSA) is 121 Å². The molecule has 9 heteroatoms. The third kappa shape index (κ3) is 4.18. The maximum Gasteiger partial charge on any atom is 0.276 e. The molecule has 31 heavy (non-hydrogen) atoms. The van der Waals surface area contributed by atoms with Gasteiger partial charge >= 0.3 is 0 Å². The quantitative estimate of drug-likeness (QED) is 0.559. The van der Waals surface area contributed by atoms with Crippen LogP contribution in [-0.2, 0) is 4.79 Å². The first kappa shape index (κ1) is 21.0. The van der Waals surface area contributed by atoms with Crippen molar-refractivity contribution >= 4 is 51.5 Å². The molecule has 0 unspecified atom stereocenters. The zero-order valence-electron chi connectivity index (χ0n) is 17.5. The molecule has 162 valence electrons. The fraction of sp³-hybridized carbons (Fsp3) is 0.364. The Balaban J connectivity index is 1.64. The summed E-state index contributed by atoms with van der Waals surface area (Å²) in [6.07, 6.45) is 5.21. The molecule has 8 nitrogen and oxygen atoms in total. The van der Waals surface area contributed by atoms with Crippen LogP contribution in [-0.4, -0.2) is 34.7 Å². The summed E-state index contributed by atoms with van der Waals surface area (Å²) in [5.74, 6) is -0.709. The smallest absolute Gasteiger partial charge is 0.276 e. The number of aromatic nitrogens is 2. The van der Waals surface area contributed by atoms with Crippen molar-refractivity contribution in [3.63, 3.8) is 0 Å². The van der Waals surface area contributed by atoms with Gasteiger partial charge in [0.15, 0.2) is 0 Å². The Morgan fingerprint density at radius 1 is 1.23 bits per heavy atom. The van der Waals surface area contributed by atoms with Gasteiger partial charge < -0.3 is 20.9 Å². The molecule has 4 rings (SSSR count). The van der Waals surface area contributed by atoms with E-state index >= 15 is 0 Å². The maximum absolute atomic E-state index is 12.9. The molecule has 1 saturated carbocycles. The lowest BCUT2D eigenvalue weighted by Gasteiger charge is -2.26. The van der Waals surface area contributed by atoms with Crippen LogP contribution in [0.3, 0.4) is 0 Å². The minimum absolute atomic E-state index is 0.0516. The van der Waals surface area contributed by atoms with E-state index in [1.54, 1.807) is 35.5 Å². The van der Waals surface area contributed by atoms with Crippen molar-refractivity contribution in [1.29, 1.82) is 0 Å². The van der Waals surface area contributed by atoms with Crippen molar-refractivity contribution in [2.24, 2.45) is 11.7 Å². The average Bonchev–Trinajstić information content (AvgIpc) is 3.35. The number of carbonyl (C=O) groups is 3. The Hall–Kier alpha value is -3.20. The predicted molar refractivity (Wildman–Crippen MR) is 122 cm³/mol. The summed E-state index contributed by atoms with van der Waals surface area (Å²) in [6.45, 7) is 1.81. The lowest BCUT2D eigenvalue weighted by Crippen LogP contribution is -2.33. The van der Waals surface area contributed by atoms with E-state index in [2.05, 4.69) is 15.3 Å². The molecule has 0 atom stereocenters. The lowest BCUT2D eigenvalue weighted by atomic mass is 9.88. The molecule has 0 bridgehead atoms. The standard InChI is InChI=1S/C22H25N5O3S/c1-12-24-17(11-31-12)21(29)26-20-18(19(23)28)15-9-8-14(10-16(15)25-20)27(2)22(30)13-6-4-3-5-7-13/h8-11,13,25H,3-7H2,1-2H3,(H2,23,28)(H,26,29). The third-order valence-electron chi connectivity index (χ3n) is 5.79. The van der Waals surface area contributed by atoms with E-state index in [4.69, 9.17) is 5.73 Å². The zero-order chi connectivity index (χ0) is 22.1. The van der Waals surface area contributed by atoms with Gasteiger partial charge in [-0.2, -0.15) is 0 Å². The number of hydrogen-bond donors (Lipinski definition) is 3. The summed E-state index contributed by atoms with van der Waals surface area (Å²) in [5.41, 5.74) is 7.40. The van der Waals surface area contributed by atoms with Crippen LogP contribution in [0.5, 0.6) is 0 Å². The van der Waals surface area contributed by atoms with Crippen LogP contribution in [0.4, 0.5) is 11.5 Å². The Morgan fingerprint density at radius 3 is 2.61 bits per heavy atom. The number of amides is 3. The molecule has 3 aromatic rings. The number of H-pyrrole nitrogens is 1. The Kier molecular flexibility index (Phi) is 5.77. The van der Waals surface area contributed by atoms with Crippen molar-refractivity contribution in [1.82, 2.24) is 9.97 Å². The molecule has 0 saturated heterocycles. The largest absolute Gasteiger partial charge is 0.365 e. The van der Waals surface area contributed by atoms with E-state index in [1.165, 1.54) is 17.8 Å². The predicted octanol–water partition coefficient (Wildman–Crippen LogP) is 3.83. The number of hydrogen-bond acceptors (Lipinski definition) is 5. The third-order valence-corrected chi connectivity index (χ3v) is 6.56. The van der Waals surface area contributed by atoms with Crippen molar-refractivity contribution in [2.75, 3.05) is 17.3 Å². The highest BCUT2D eigenvalue weighted by Crippen LogP contribution is 2.31. The first-order chi connectivity index (χ1) is 14.8. The van der Waals surface area contributed by atoms with Crippen molar-refractivity contribution in [2.45, 2.75) is 39.0 Å². The van der Waals surface area contributed by atoms with Crippen LogP contribution in [0.2, 0.25) is 0 Å². The lowest BCUT2D eigenvalue weighted by molar-refractivity contribution is -0.123. The molecular formula is C22H25N5O3S. The Morgan fingerprint density at radius 2 is 1.97 bits per heavy atom. The van der Waals surface area contributed by atoms with Gasteiger partial charge in [0.05, 0.1) is 10.6 Å². The number of nitrogens with two attached hydrogens (primary N) is 1. The van der Waals surface area contributed by atoms with Gasteiger partial charge in [-0.25, -0.2) is 4.98 Å². The molecule has 0 aliphatic heterocycles. The summed E-state index contributed by atoms with van der Waals surface area (Å²) in [4.78, 5) is 46.5. The number of nitrogens with zero attached hydrogens (tertiary/aromatic N) is 2. The van der Waals surface area contributed by atoms with Gasteiger partial charge in [0.2, 0.25) is 5.91 Å². The maximum atomic E-state index is 12.9. The number of benzene rings is 1. The molecule has 0 radical (unpaired) electrons. The highest BCUT2D eigenvalue weighted by atomic mass is 32.1. The van der Waals surface area contributed by atoms with E-state index < -0.39 is 11.8 Å². The van der Waals surface area contributed by atoms with Crippen molar-refractivity contribution in [3.05, 3.63) is 39.8 Å². The molecule has 1 aliphatic rings. The highest BCUT2D eigenvalue weighted by Gasteiger charge is 2.26. The molecule has 1 aromatic carbocycles. The van der Waals surface area contributed by atoms with Crippen LogP contribution >= 0.6 is 11.3 Å². The fourth-order valence-corrected chi connectivity index (χ4v) is 4.73. The van der Waals surface area contributed by atoms with E-state index in [-0.39, 0.29) is 28.9 Å². The summed E-state index contributed by atoms with van der Waals surface area (Å²) in [6, 6.07) is 5.33. The first-order valence-corrected chi connectivity index (χ1v) is 11.2. The number of primary amides is 1. The second-order valence-corrected chi connectivity index (χ2v) is 8.97. The SMILES string of the molecule is Cc1nc(C(=O)Nc2[nH]c3cc(N(C)C(=O)C4CCCCC4)ccc3c2C(N)=O)cs1. The minimum atomic E-state index is -0.657. The van der Waals surface area contributed by atoms with Crippen LogP contribution in [0.1, 0.15) is 58.0 Å². The van der Waals surface area contributed by atoms with Crippen LogP contribution in [0.25, 0.3) is 10.9 Å². The zero-order valence-corrected chi connectivity index (χ0v) is 18.3. The number of nitrogens with one attached hydrogen (secondary N) is 2. The number of anilines is 2. The molecule has 0 spiro atoms. The van der Waals surface area contributed by atoms with Crippen LogP contribution in [0, 0.1) is 12.8 Å². The summed E-state index contributed by atoms with van der Waals surface area (Å²) >= 11 is 1.37. The first-order valence-electron chi connectivity index (χ1n) is 10.3. The van der Waals surface area contributed by atoms with E-state index in [0.29, 0.717) is 16.6 Å². The molecule has 1 aliphatic carbocycles. The minimum Gasteiger partial charge on any atom is -0.365 e. The van der Waals surface area contributed by atoms with Gasteiger partial charge in [0, 0.05) is 34.9 Å². The van der Waals surface area contributed by atoms with Gasteiger partial charge in [0.25, 0.3) is 11.8 Å². The monoisotopic (exact) mass is 439 g/mol. The molecule has 3 amide bonds. The van der Waals surface area contributed by atoms with E-state index in [1.807, 2.05) is 6.92 Å². The van der Waals surface area contributed by atoms with Gasteiger partial charge in [-0.3, -0.25) is 14.4 Å². The highest BCUT2D eigenvalue weighted by molar-refractivity contribution is 7.09. The number of thiazole rings is 1. The second-order valence-electron chi connectivity index (χ2n) is 7.91. The van der Waals surface area contributed by atoms with E-state index in [0.717, 1.165) is 30.7 Å². The summed E-state index contributed by atoms with van der Waals surface area (Å²) < 4.78 is 0. The van der Waals surface area contributed by atoms with Gasteiger partial charge in [-0.15, -0.1) is 11.3 Å². The van der Waals surface area contributed by atoms with Gasteiger partial charge in [-0.05, 0) is 38.0 Å². The molecular weight excluding hydrogens is 414 g/mol. The molecule has 1 fully saturated rings. The fourth-order valence-electron chi connectivity index (χ4n) is 4.14. The number of aryl methyl sites for hydroxylation is 1. The van der Waals surface area contributed by atoms with Crippen LogP contribution in [0.15, 0.2) is 23.6 Å². The Labute approximate surface area is 183 Å².